The van der Waals surface area contributed by atoms with Gasteiger partial charge in [0.05, 0.1) is 11.3 Å². The van der Waals surface area contributed by atoms with E-state index in [1.165, 1.54) is 0 Å². The van der Waals surface area contributed by atoms with Crippen LogP contribution in [0.25, 0.3) is 0 Å². The summed E-state index contributed by atoms with van der Waals surface area (Å²) in [4.78, 5) is 4.09. The molecule has 0 aliphatic heterocycles. The first kappa shape index (κ1) is 11.0. The van der Waals surface area contributed by atoms with Crippen LogP contribution >= 0.6 is 0 Å². The number of anilines is 1. The van der Waals surface area contributed by atoms with Crippen molar-refractivity contribution in [3.63, 3.8) is 0 Å². The molecule has 2 aromatic rings. The molecule has 4 heteroatoms. The highest BCUT2D eigenvalue weighted by Gasteiger charge is 2.07. The normalized spacial score (nSPS) is 9.65. The number of benzene rings is 1. The van der Waals surface area contributed by atoms with E-state index in [2.05, 4.69) is 11.1 Å². The molecular weight excluding hydrogens is 214 g/mol. The van der Waals surface area contributed by atoms with Crippen molar-refractivity contribution in [2.24, 2.45) is 0 Å². The molecule has 1 aromatic heterocycles. The van der Waals surface area contributed by atoms with Crippen LogP contribution in [-0.2, 0) is 0 Å². The zero-order valence-corrected chi connectivity index (χ0v) is 9.34. The number of hydrogen-bond acceptors (Lipinski definition) is 4. The summed E-state index contributed by atoms with van der Waals surface area (Å²) in [5, 5.41) is 8.93. The number of ether oxygens (including phenoxy) is 1. The van der Waals surface area contributed by atoms with Crippen molar-refractivity contribution in [3.8, 4) is 17.7 Å². The van der Waals surface area contributed by atoms with Crippen LogP contribution in [0.2, 0.25) is 0 Å². The molecule has 1 heterocycles. The van der Waals surface area contributed by atoms with Gasteiger partial charge in [0.25, 0.3) is 0 Å². The fourth-order valence-electron chi connectivity index (χ4n) is 1.42. The van der Waals surface area contributed by atoms with Gasteiger partial charge >= 0.3 is 0 Å². The van der Waals surface area contributed by atoms with Crippen LogP contribution in [0, 0.1) is 18.3 Å². The van der Waals surface area contributed by atoms with Gasteiger partial charge in [0.2, 0.25) is 5.88 Å². The summed E-state index contributed by atoms with van der Waals surface area (Å²) in [6.07, 6.45) is 1.67. The Morgan fingerprint density at radius 3 is 2.82 bits per heavy atom. The maximum absolute atomic E-state index is 8.93. The smallest absolute Gasteiger partial charge is 0.242 e. The molecule has 4 nitrogen and oxygen atoms in total. The second-order valence-electron chi connectivity index (χ2n) is 3.62. The molecule has 0 fully saturated rings. The summed E-state index contributed by atoms with van der Waals surface area (Å²) < 4.78 is 5.53. The number of nitrogens with zero attached hydrogens (tertiary/aromatic N) is 2. The van der Waals surface area contributed by atoms with Gasteiger partial charge < -0.3 is 10.5 Å². The van der Waals surface area contributed by atoms with Gasteiger partial charge in [0.15, 0.2) is 0 Å². The Kier molecular flexibility index (Phi) is 2.93. The SMILES string of the molecule is Cc1cnc(Oc2ccccc2C#N)c(N)c1. The molecule has 1 aromatic carbocycles. The predicted molar refractivity (Wildman–Crippen MR) is 64.6 cm³/mol. The zero-order valence-electron chi connectivity index (χ0n) is 9.34. The van der Waals surface area contributed by atoms with Crippen molar-refractivity contribution in [3.05, 3.63) is 47.7 Å². The van der Waals surface area contributed by atoms with Crippen molar-refractivity contribution in [2.75, 3.05) is 5.73 Å². The summed E-state index contributed by atoms with van der Waals surface area (Å²) in [6, 6.07) is 10.8. The Bertz CT molecular complexity index is 587. The van der Waals surface area contributed by atoms with E-state index in [1.807, 2.05) is 6.92 Å². The average molecular weight is 225 g/mol. The molecule has 0 unspecified atom stereocenters. The minimum absolute atomic E-state index is 0.318. The van der Waals surface area contributed by atoms with Gasteiger partial charge in [-0.25, -0.2) is 4.98 Å². The van der Waals surface area contributed by atoms with Crippen LogP contribution in [0.3, 0.4) is 0 Å². The summed E-state index contributed by atoms with van der Waals surface area (Å²) in [5.74, 6) is 0.774. The quantitative estimate of drug-likeness (QED) is 0.852. The molecule has 84 valence electrons. The first-order valence-electron chi connectivity index (χ1n) is 5.10. The number of hydrogen-bond donors (Lipinski definition) is 1. The van der Waals surface area contributed by atoms with Crippen molar-refractivity contribution < 1.29 is 4.74 Å². The maximum atomic E-state index is 8.93. The Morgan fingerprint density at radius 2 is 2.12 bits per heavy atom. The third-order valence-corrected chi connectivity index (χ3v) is 2.23. The van der Waals surface area contributed by atoms with Crippen molar-refractivity contribution in [2.45, 2.75) is 6.92 Å². The highest BCUT2D eigenvalue weighted by Crippen LogP contribution is 2.27. The summed E-state index contributed by atoms with van der Waals surface area (Å²) in [5.41, 5.74) is 7.66. The van der Waals surface area contributed by atoms with Crippen LogP contribution in [0.4, 0.5) is 5.69 Å². The van der Waals surface area contributed by atoms with E-state index in [-0.39, 0.29) is 0 Å². The number of para-hydroxylation sites is 1. The van der Waals surface area contributed by atoms with Crippen molar-refractivity contribution in [1.82, 2.24) is 4.98 Å². The molecule has 0 radical (unpaired) electrons. The lowest BCUT2D eigenvalue weighted by atomic mass is 10.2. The van der Waals surface area contributed by atoms with E-state index in [0.717, 1.165) is 5.56 Å². The standard InChI is InChI=1S/C13H11N3O/c1-9-6-11(15)13(16-8-9)17-12-5-3-2-4-10(12)7-14/h2-6,8H,15H2,1H3. The lowest BCUT2D eigenvalue weighted by Gasteiger charge is -2.08. The van der Waals surface area contributed by atoms with E-state index in [4.69, 9.17) is 15.7 Å². The summed E-state index contributed by atoms with van der Waals surface area (Å²) in [7, 11) is 0. The second-order valence-corrected chi connectivity index (χ2v) is 3.62. The Labute approximate surface area is 99.3 Å². The molecular formula is C13H11N3O. The fourth-order valence-corrected chi connectivity index (χ4v) is 1.42. The minimum Gasteiger partial charge on any atom is -0.436 e. The fraction of sp³-hybridized carbons (Fsp3) is 0.0769. The topological polar surface area (TPSA) is 71.9 Å². The number of pyridine rings is 1. The van der Waals surface area contributed by atoms with Gasteiger partial charge in [-0.15, -0.1) is 0 Å². The Balaban J connectivity index is 2.35. The molecule has 0 bridgehead atoms. The predicted octanol–water partition coefficient (Wildman–Crippen LogP) is 2.64. The Morgan fingerprint density at radius 1 is 1.35 bits per heavy atom. The van der Waals surface area contributed by atoms with Gasteiger partial charge in [-0.3, -0.25) is 0 Å². The molecule has 0 saturated carbocycles. The lowest BCUT2D eigenvalue weighted by Crippen LogP contribution is -1.96. The van der Waals surface area contributed by atoms with Crippen LogP contribution in [-0.4, -0.2) is 4.98 Å². The van der Waals surface area contributed by atoms with E-state index in [0.29, 0.717) is 22.9 Å². The number of rotatable bonds is 2. The van der Waals surface area contributed by atoms with Gasteiger partial charge in [0.1, 0.15) is 11.8 Å². The zero-order chi connectivity index (χ0) is 12.3. The van der Waals surface area contributed by atoms with Crippen LogP contribution < -0.4 is 10.5 Å². The second kappa shape index (κ2) is 4.54. The minimum atomic E-state index is 0.318. The van der Waals surface area contributed by atoms with E-state index in [1.54, 1.807) is 36.5 Å². The summed E-state index contributed by atoms with van der Waals surface area (Å²) in [6.45, 7) is 1.90. The highest BCUT2D eigenvalue weighted by molar-refractivity contribution is 5.52. The Hall–Kier alpha value is -2.54. The molecule has 0 atom stereocenters. The van der Waals surface area contributed by atoms with E-state index >= 15 is 0 Å². The molecule has 2 N–H and O–H groups in total. The largest absolute Gasteiger partial charge is 0.436 e. The molecule has 17 heavy (non-hydrogen) atoms. The lowest BCUT2D eigenvalue weighted by molar-refractivity contribution is 0.464. The molecule has 0 saturated heterocycles. The van der Waals surface area contributed by atoms with Gasteiger partial charge in [-0.1, -0.05) is 12.1 Å². The van der Waals surface area contributed by atoms with Gasteiger partial charge in [-0.2, -0.15) is 5.26 Å². The molecule has 0 spiro atoms. The van der Waals surface area contributed by atoms with Gasteiger partial charge in [-0.05, 0) is 30.7 Å². The number of nitrogen functional groups attached to an aromatic ring is 1. The number of nitriles is 1. The van der Waals surface area contributed by atoms with Gasteiger partial charge in [0, 0.05) is 6.20 Å². The summed E-state index contributed by atoms with van der Waals surface area (Å²) >= 11 is 0. The first-order chi connectivity index (χ1) is 8.20. The van der Waals surface area contributed by atoms with Crippen LogP contribution in [0.1, 0.15) is 11.1 Å². The van der Waals surface area contributed by atoms with Crippen LogP contribution in [0.5, 0.6) is 11.6 Å². The third-order valence-electron chi connectivity index (χ3n) is 2.23. The third kappa shape index (κ3) is 2.34. The van der Waals surface area contributed by atoms with Crippen molar-refractivity contribution in [1.29, 1.82) is 5.26 Å². The molecule has 2 rings (SSSR count). The number of aromatic nitrogens is 1. The highest BCUT2D eigenvalue weighted by atomic mass is 16.5. The van der Waals surface area contributed by atoms with E-state index < -0.39 is 0 Å². The monoisotopic (exact) mass is 225 g/mol. The number of nitrogens with two attached hydrogens (primary N) is 1. The average Bonchev–Trinajstić information content (AvgIpc) is 2.33. The molecule has 0 aliphatic carbocycles. The maximum Gasteiger partial charge on any atom is 0.242 e. The van der Waals surface area contributed by atoms with Crippen molar-refractivity contribution >= 4 is 5.69 Å². The van der Waals surface area contributed by atoms with E-state index in [9.17, 15) is 0 Å². The van der Waals surface area contributed by atoms with Crippen LogP contribution in [0.15, 0.2) is 36.5 Å². The molecule has 0 aliphatic rings. The number of aryl methyl sites for hydroxylation is 1. The molecule has 0 amide bonds. The first-order valence-corrected chi connectivity index (χ1v) is 5.10.